The summed E-state index contributed by atoms with van der Waals surface area (Å²) in [5, 5.41) is 4.01. The average molecular weight is 324 g/mol. The van der Waals surface area contributed by atoms with Crippen LogP contribution in [0.2, 0.25) is 0 Å². The molecule has 19 heavy (non-hydrogen) atoms. The van der Waals surface area contributed by atoms with Crippen molar-refractivity contribution in [1.82, 2.24) is 10.1 Å². The van der Waals surface area contributed by atoms with E-state index in [4.69, 9.17) is 10.3 Å². The highest BCUT2D eigenvalue weighted by atomic mass is 79.9. The summed E-state index contributed by atoms with van der Waals surface area (Å²) < 4.78 is 6.22. The first kappa shape index (κ1) is 14.2. The highest BCUT2D eigenvalue weighted by Crippen LogP contribution is 2.28. The molecule has 0 fully saturated rings. The topological polar surface area (TPSA) is 64.9 Å². The van der Waals surface area contributed by atoms with Crippen molar-refractivity contribution in [1.29, 1.82) is 0 Å². The summed E-state index contributed by atoms with van der Waals surface area (Å²) in [7, 11) is 0. The van der Waals surface area contributed by atoms with E-state index in [1.807, 2.05) is 25.1 Å². The number of halogens is 1. The fourth-order valence-electron chi connectivity index (χ4n) is 1.84. The van der Waals surface area contributed by atoms with Gasteiger partial charge in [-0.05, 0) is 31.0 Å². The minimum absolute atomic E-state index is 0.176. The number of nitrogens with two attached hydrogens (primary N) is 1. The number of nitrogens with zero attached hydrogens (tertiary/aromatic N) is 2. The Bertz CT molecular complexity index is 553. The molecule has 1 atom stereocenters. The molecule has 4 nitrogen and oxygen atoms in total. The molecule has 0 saturated heterocycles. The summed E-state index contributed by atoms with van der Waals surface area (Å²) in [5.41, 5.74) is 8.13. The summed E-state index contributed by atoms with van der Waals surface area (Å²) in [5.74, 6) is 1.09. The third-order valence-electron chi connectivity index (χ3n) is 2.99. The second-order valence-electron chi connectivity index (χ2n) is 4.69. The molecule has 1 unspecified atom stereocenters. The minimum Gasteiger partial charge on any atom is -0.337 e. The SMILES string of the molecule is CCCCC(N)c1nc(-c2ccc(C)cc2Br)no1. The van der Waals surface area contributed by atoms with Crippen LogP contribution in [0.1, 0.15) is 43.7 Å². The maximum atomic E-state index is 6.03. The Kier molecular flexibility index (Phi) is 4.71. The van der Waals surface area contributed by atoms with Crippen molar-refractivity contribution in [3.05, 3.63) is 34.1 Å². The Morgan fingerprint density at radius 2 is 2.21 bits per heavy atom. The van der Waals surface area contributed by atoms with Crippen molar-refractivity contribution >= 4 is 15.9 Å². The van der Waals surface area contributed by atoms with E-state index in [1.54, 1.807) is 0 Å². The van der Waals surface area contributed by atoms with Gasteiger partial charge in [0.1, 0.15) is 0 Å². The van der Waals surface area contributed by atoms with Gasteiger partial charge in [-0.15, -0.1) is 0 Å². The summed E-state index contributed by atoms with van der Waals surface area (Å²) in [6, 6.07) is 5.85. The molecular weight excluding hydrogens is 306 g/mol. The molecule has 1 aromatic carbocycles. The first-order valence-corrected chi connectivity index (χ1v) is 7.26. The zero-order valence-corrected chi connectivity index (χ0v) is 12.8. The Hall–Kier alpha value is -1.20. The summed E-state index contributed by atoms with van der Waals surface area (Å²) >= 11 is 3.52. The first-order chi connectivity index (χ1) is 9.11. The molecule has 2 rings (SSSR count). The molecule has 2 N–H and O–H groups in total. The number of hydrogen-bond donors (Lipinski definition) is 1. The van der Waals surface area contributed by atoms with Crippen molar-refractivity contribution in [3.63, 3.8) is 0 Å². The molecule has 0 amide bonds. The molecule has 0 radical (unpaired) electrons. The Labute approximate surface area is 121 Å². The van der Waals surface area contributed by atoms with Crippen LogP contribution in [0, 0.1) is 6.92 Å². The smallest absolute Gasteiger partial charge is 0.243 e. The van der Waals surface area contributed by atoms with Crippen molar-refractivity contribution in [3.8, 4) is 11.4 Å². The Morgan fingerprint density at radius 3 is 2.89 bits per heavy atom. The molecule has 0 saturated carbocycles. The molecule has 1 aromatic heterocycles. The van der Waals surface area contributed by atoms with Gasteiger partial charge in [0.2, 0.25) is 11.7 Å². The van der Waals surface area contributed by atoms with Gasteiger partial charge in [-0.2, -0.15) is 4.98 Å². The number of aryl methyl sites for hydroxylation is 1. The van der Waals surface area contributed by atoms with Crippen LogP contribution in [0.3, 0.4) is 0 Å². The minimum atomic E-state index is -0.176. The molecule has 1 heterocycles. The third-order valence-corrected chi connectivity index (χ3v) is 3.65. The lowest BCUT2D eigenvalue weighted by atomic mass is 10.1. The molecular formula is C14H18BrN3O. The van der Waals surface area contributed by atoms with Crippen LogP contribution in [0.4, 0.5) is 0 Å². The zero-order valence-electron chi connectivity index (χ0n) is 11.2. The maximum Gasteiger partial charge on any atom is 0.243 e. The zero-order chi connectivity index (χ0) is 13.8. The summed E-state index contributed by atoms with van der Waals surface area (Å²) in [6.45, 7) is 4.17. The van der Waals surface area contributed by atoms with Crippen LogP contribution in [0.5, 0.6) is 0 Å². The van der Waals surface area contributed by atoms with Gasteiger partial charge in [0.15, 0.2) is 0 Å². The lowest BCUT2D eigenvalue weighted by molar-refractivity contribution is 0.346. The number of unbranched alkanes of at least 4 members (excludes halogenated alkanes) is 1. The fraction of sp³-hybridized carbons (Fsp3) is 0.429. The van der Waals surface area contributed by atoms with Gasteiger partial charge in [0.25, 0.3) is 0 Å². The van der Waals surface area contributed by atoms with Crippen molar-refractivity contribution in [2.24, 2.45) is 5.73 Å². The number of benzene rings is 1. The largest absolute Gasteiger partial charge is 0.337 e. The van der Waals surface area contributed by atoms with Gasteiger partial charge in [-0.25, -0.2) is 0 Å². The quantitative estimate of drug-likeness (QED) is 0.903. The van der Waals surface area contributed by atoms with Gasteiger partial charge in [0.05, 0.1) is 6.04 Å². The van der Waals surface area contributed by atoms with E-state index in [2.05, 4.69) is 33.0 Å². The van der Waals surface area contributed by atoms with E-state index in [1.165, 1.54) is 5.56 Å². The molecule has 0 aliphatic carbocycles. The van der Waals surface area contributed by atoms with Gasteiger partial charge in [-0.1, -0.05) is 46.9 Å². The van der Waals surface area contributed by atoms with E-state index in [0.29, 0.717) is 11.7 Å². The molecule has 0 spiro atoms. The average Bonchev–Trinajstić information content (AvgIpc) is 2.85. The highest BCUT2D eigenvalue weighted by Gasteiger charge is 2.16. The van der Waals surface area contributed by atoms with Crippen LogP contribution in [-0.4, -0.2) is 10.1 Å². The lowest BCUT2D eigenvalue weighted by Gasteiger charge is -2.04. The van der Waals surface area contributed by atoms with Crippen LogP contribution in [0.15, 0.2) is 27.2 Å². The van der Waals surface area contributed by atoms with Crippen molar-refractivity contribution < 1.29 is 4.52 Å². The molecule has 2 aromatic rings. The monoisotopic (exact) mass is 323 g/mol. The second-order valence-corrected chi connectivity index (χ2v) is 5.54. The van der Waals surface area contributed by atoms with Gasteiger partial charge in [0, 0.05) is 10.0 Å². The van der Waals surface area contributed by atoms with E-state index < -0.39 is 0 Å². The number of aromatic nitrogens is 2. The molecule has 102 valence electrons. The standard InChI is InChI=1S/C14H18BrN3O/c1-3-4-5-12(16)14-17-13(18-19-14)10-7-6-9(2)8-11(10)15/h6-8,12H,3-5,16H2,1-2H3. The summed E-state index contributed by atoms with van der Waals surface area (Å²) in [6.07, 6.45) is 3.04. The van der Waals surface area contributed by atoms with Gasteiger partial charge >= 0.3 is 0 Å². The van der Waals surface area contributed by atoms with E-state index in [9.17, 15) is 0 Å². The molecule has 0 aliphatic rings. The van der Waals surface area contributed by atoms with Crippen molar-refractivity contribution in [2.45, 2.75) is 39.2 Å². The van der Waals surface area contributed by atoms with Crippen LogP contribution in [-0.2, 0) is 0 Å². The predicted molar refractivity (Wildman–Crippen MR) is 78.6 cm³/mol. The first-order valence-electron chi connectivity index (χ1n) is 6.47. The van der Waals surface area contributed by atoms with Crippen LogP contribution in [0.25, 0.3) is 11.4 Å². The van der Waals surface area contributed by atoms with E-state index in [-0.39, 0.29) is 6.04 Å². The van der Waals surface area contributed by atoms with E-state index in [0.717, 1.165) is 29.3 Å². The number of hydrogen-bond acceptors (Lipinski definition) is 4. The maximum absolute atomic E-state index is 6.03. The molecule has 5 heteroatoms. The van der Waals surface area contributed by atoms with Crippen LogP contribution >= 0.6 is 15.9 Å². The van der Waals surface area contributed by atoms with Gasteiger partial charge < -0.3 is 10.3 Å². The summed E-state index contributed by atoms with van der Waals surface area (Å²) in [4.78, 5) is 4.39. The normalized spacial score (nSPS) is 12.6. The number of rotatable bonds is 5. The third kappa shape index (κ3) is 3.42. The molecule has 0 bridgehead atoms. The highest BCUT2D eigenvalue weighted by molar-refractivity contribution is 9.10. The predicted octanol–water partition coefficient (Wildman–Crippen LogP) is 4.00. The van der Waals surface area contributed by atoms with Crippen LogP contribution < -0.4 is 5.73 Å². The Morgan fingerprint density at radius 1 is 1.42 bits per heavy atom. The lowest BCUT2D eigenvalue weighted by Crippen LogP contribution is -2.10. The van der Waals surface area contributed by atoms with Gasteiger partial charge in [-0.3, -0.25) is 0 Å². The Balaban J connectivity index is 2.20. The fourth-order valence-corrected chi connectivity index (χ4v) is 2.51. The van der Waals surface area contributed by atoms with Crippen molar-refractivity contribution in [2.75, 3.05) is 0 Å². The molecule has 0 aliphatic heterocycles. The second kappa shape index (κ2) is 6.30. The van der Waals surface area contributed by atoms with E-state index >= 15 is 0 Å².